The Labute approximate surface area is 129 Å². The maximum absolute atomic E-state index is 5.96. The molecule has 0 heterocycles. The van der Waals surface area contributed by atoms with Gasteiger partial charge in [0.15, 0.2) is 0 Å². The number of hydrogen-bond acceptors (Lipinski definition) is 2. The second-order valence-corrected chi connectivity index (χ2v) is 5.72. The summed E-state index contributed by atoms with van der Waals surface area (Å²) in [7, 11) is 0. The van der Waals surface area contributed by atoms with Crippen LogP contribution in [-0.4, -0.2) is 6.54 Å². The molecule has 0 unspecified atom stereocenters. The molecule has 0 saturated carbocycles. The Morgan fingerprint density at radius 1 is 1.10 bits per heavy atom. The number of aryl methyl sites for hydroxylation is 1. The maximum atomic E-state index is 5.96. The smallest absolute Gasteiger partial charge is 0.124 e. The summed E-state index contributed by atoms with van der Waals surface area (Å²) in [5, 5.41) is 3.35. The van der Waals surface area contributed by atoms with Crippen molar-refractivity contribution in [3.05, 3.63) is 63.6 Å². The summed E-state index contributed by atoms with van der Waals surface area (Å²) in [5.74, 6) is 0.958. The van der Waals surface area contributed by atoms with E-state index >= 15 is 0 Å². The third-order valence-electron chi connectivity index (χ3n) is 3.09. The van der Waals surface area contributed by atoms with Crippen LogP contribution >= 0.6 is 15.9 Å². The summed E-state index contributed by atoms with van der Waals surface area (Å²) >= 11 is 3.44. The molecule has 0 aliphatic carbocycles. The largest absolute Gasteiger partial charge is 0.489 e. The quantitative estimate of drug-likeness (QED) is 0.843. The average molecular weight is 334 g/mol. The zero-order valence-corrected chi connectivity index (χ0v) is 13.5. The van der Waals surface area contributed by atoms with Crippen molar-refractivity contribution >= 4 is 15.9 Å². The van der Waals surface area contributed by atoms with E-state index in [1.54, 1.807) is 0 Å². The van der Waals surface area contributed by atoms with E-state index in [-0.39, 0.29) is 0 Å². The molecule has 0 bridgehead atoms. The predicted molar refractivity (Wildman–Crippen MR) is 87.0 cm³/mol. The number of nitrogens with one attached hydrogen (secondary N) is 1. The maximum Gasteiger partial charge on any atom is 0.124 e. The zero-order valence-electron chi connectivity index (χ0n) is 11.9. The molecule has 0 amide bonds. The van der Waals surface area contributed by atoms with E-state index in [9.17, 15) is 0 Å². The summed E-state index contributed by atoms with van der Waals surface area (Å²) in [6, 6.07) is 14.5. The first-order valence-corrected chi connectivity index (χ1v) is 7.66. The van der Waals surface area contributed by atoms with E-state index in [1.807, 2.05) is 12.1 Å². The van der Waals surface area contributed by atoms with Gasteiger partial charge >= 0.3 is 0 Å². The van der Waals surface area contributed by atoms with Gasteiger partial charge in [-0.1, -0.05) is 52.7 Å². The molecule has 2 nitrogen and oxygen atoms in total. The van der Waals surface area contributed by atoms with Crippen LogP contribution in [0.15, 0.2) is 46.9 Å². The van der Waals surface area contributed by atoms with Gasteiger partial charge in [-0.25, -0.2) is 0 Å². The molecule has 0 radical (unpaired) electrons. The standard InChI is InChI=1S/C17H20BrNO/c1-3-19-11-15-10-13(2)4-9-17(15)20-12-14-5-7-16(18)8-6-14/h4-10,19H,3,11-12H2,1-2H3. The molecule has 3 heteroatoms. The lowest BCUT2D eigenvalue weighted by atomic mass is 10.1. The number of ether oxygens (including phenoxy) is 1. The molecule has 0 saturated heterocycles. The van der Waals surface area contributed by atoms with E-state index in [0.29, 0.717) is 6.61 Å². The topological polar surface area (TPSA) is 21.3 Å². The van der Waals surface area contributed by atoms with Gasteiger partial charge in [0, 0.05) is 16.6 Å². The fourth-order valence-electron chi connectivity index (χ4n) is 1.99. The van der Waals surface area contributed by atoms with Gasteiger partial charge in [0.1, 0.15) is 12.4 Å². The molecule has 0 atom stereocenters. The van der Waals surface area contributed by atoms with Crippen molar-refractivity contribution in [1.29, 1.82) is 0 Å². The van der Waals surface area contributed by atoms with E-state index in [0.717, 1.165) is 23.3 Å². The van der Waals surface area contributed by atoms with Crippen LogP contribution in [0.3, 0.4) is 0 Å². The minimum Gasteiger partial charge on any atom is -0.489 e. The normalized spacial score (nSPS) is 10.6. The number of rotatable bonds is 6. The highest BCUT2D eigenvalue weighted by Crippen LogP contribution is 2.21. The predicted octanol–water partition coefficient (Wildman–Crippen LogP) is 4.45. The molecule has 2 rings (SSSR count). The first-order chi connectivity index (χ1) is 9.69. The van der Waals surface area contributed by atoms with Crippen LogP contribution in [0.1, 0.15) is 23.6 Å². The van der Waals surface area contributed by atoms with Gasteiger partial charge in [0.2, 0.25) is 0 Å². The van der Waals surface area contributed by atoms with E-state index < -0.39 is 0 Å². The Balaban J connectivity index is 2.06. The molecule has 106 valence electrons. The molecule has 1 N–H and O–H groups in total. The summed E-state index contributed by atoms with van der Waals surface area (Å²) in [6.07, 6.45) is 0. The average Bonchev–Trinajstić information content (AvgIpc) is 2.46. The third kappa shape index (κ3) is 4.36. The Morgan fingerprint density at radius 2 is 1.85 bits per heavy atom. The lowest BCUT2D eigenvalue weighted by Gasteiger charge is -2.13. The monoisotopic (exact) mass is 333 g/mol. The SMILES string of the molecule is CCNCc1cc(C)ccc1OCc1ccc(Br)cc1. The van der Waals surface area contributed by atoms with Crippen molar-refractivity contribution in [1.82, 2.24) is 5.32 Å². The third-order valence-corrected chi connectivity index (χ3v) is 3.62. The van der Waals surface area contributed by atoms with Crippen molar-refractivity contribution in [3.8, 4) is 5.75 Å². The fourth-order valence-corrected chi connectivity index (χ4v) is 2.25. The zero-order chi connectivity index (χ0) is 14.4. The van der Waals surface area contributed by atoms with Gasteiger partial charge in [-0.15, -0.1) is 0 Å². The molecule has 0 aliphatic rings. The summed E-state index contributed by atoms with van der Waals surface area (Å²) in [5.41, 5.74) is 3.64. The molecular formula is C17H20BrNO. The molecule has 0 aliphatic heterocycles. The Kier molecular flexibility index (Phi) is 5.62. The number of halogens is 1. The molecule has 2 aromatic carbocycles. The minimum absolute atomic E-state index is 0.593. The van der Waals surface area contributed by atoms with E-state index in [2.05, 4.69) is 65.4 Å². The van der Waals surface area contributed by atoms with Crippen LogP contribution in [0.5, 0.6) is 5.75 Å². The molecule has 20 heavy (non-hydrogen) atoms. The van der Waals surface area contributed by atoms with Crippen LogP contribution < -0.4 is 10.1 Å². The highest BCUT2D eigenvalue weighted by Gasteiger charge is 2.04. The Hall–Kier alpha value is -1.32. The summed E-state index contributed by atoms with van der Waals surface area (Å²) in [4.78, 5) is 0. The minimum atomic E-state index is 0.593. The van der Waals surface area contributed by atoms with Crippen molar-refractivity contribution < 1.29 is 4.74 Å². The van der Waals surface area contributed by atoms with Crippen LogP contribution in [0.25, 0.3) is 0 Å². The second kappa shape index (κ2) is 7.46. The van der Waals surface area contributed by atoms with Gasteiger partial charge in [0.05, 0.1) is 0 Å². The van der Waals surface area contributed by atoms with Gasteiger partial charge in [0.25, 0.3) is 0 Å². The Bertz CT molecular complexity index is 551. The first kappa shape index (κ1) is 15.1. The summed E-state index contributed by atoms with van der Waals surface area (Å²) < 4.78 is 7.05. The molecule has 0 spiro atoms. The Morgan fingerprint density at radius 3 is 2.55 bits per heavy atom. The van der Waals surface area contributed by atoms with Crippen molar-refractivity contribution in [2.45, 2.75) is 27.0 Å². The molecule has 2 aromatic rings. The van der Waals surface area contributed by atoms with Crippen LogP contribution in [0.2, 0.25) is 0 Å². The van der Waals surface area contributed by atoms with Crippen molar-refractivity contribution in [3.63, 3.8) is 0 Å². The highest BCUT2D eigenvalue weighted by atomic mass is 79.9. The van der Waals surface area contributed by atoms with Gasteiger partial charge in [-0.3, -0.25) is 0 Å². The van der Waals surface area contributed by atoms with Gasteiger partial charge in [-0.05, 0) is 37.2 Å². The van der Waals surface area contributed by atoms with Crippen LogP contribution in [0.4, 0.5) is 0 Å². The molecular weight excluding hydrogens is 314 g/mol. The summed E-state index contributed by atoms with van der Waals surface area (Å²) in [6.45, 7) is 6.61. The van der Waals surface area contributed by atoms with Gasteiger partial charge < -0.3 is 10.1 Å². The molecule has 0 aromatic heterocycles. The van der Waals surface area contributed by atoms with Crippen molar-refractivity contribution in [2.75, 3.05) is 6.54 Å². The second-order valence-electron chi connectivity index (χ2n) is 4.81. The fraction of sp³-hybridized carbons (Fsp3) is 0.294. The number of benzene rings is 2. The highest BCUT2D eigenvalue weighted by molar-refractivity contribution is 9.10. The number of hydrogen-bond donors (Lipinski definition) is 1. The van der Waals surface area contributed by atoms with Crippen LogP contribution in [0, 0.1) is 6.92 Å². The lowest BCUT2D eigenvalue weighted by molar-refractivity contribution is 0.302. The van der Waals surface area contributed by atoms with Crippen LogP contribution in [-0.2, 0) is 13.2 Å². The van der Waals surface area contributed by atoms with Gasteiger partial charge in [-0.2, -0.15) is 0 Å². The van der Waals surface area contributed by atoms with Crippen molar-refractivity contribution in [2.24, 2.45) is 0 Å². The molecule has 0 fully saturated rings. The lowest BCUT2D eigenvalue weighted by Crippen LogP contribution is -2.13. The van der Waals surface area contributed by atoms with E-state index in [1.165, 1.54) is 16.7 Å². The van der Waals surface area contributed by atoms with E-state index in [4.69, 9.17) is 4.74 Å². The first-order valence-electron chi connectivity index (χ1n) is 6.86.